The molecule has 1 aromatic carbocycles. The van der Waals surface area contributed by atoms with E-state index in [1.54, 1.807) is 5.57 Å². The molecular formula is C17H24. The van der Waals surface area contributed by atoms with Gasteiger partial charge in [0.05, 0.1) is 0 Å². The molecule has 0 heterocycles. The van der Waals surface area contributed by atoms with Gasteiger partial charge in [-0.15, -0.1) is 0 Å². The van der Waals surface area contributed by atoms with Gasteiger partial charge in [0.1, 0.15) is 0 Å². The predicted octanol–water partition coefficient (Wildman–Crippen LogP) is 5.37. The minimum Gasteiger partial charge on any atom is -0.0804 e. The summed E-state index contributed by atoms with van der Waals surface area (Å²) in [6.07, 6.45) is 10.6. The van der Waals surface area contributed by atoms with Crippen LogP contribution in [-0.2, 0) is 0 Å². The maximum absolute atomic E-state index is 2.48. The maximum Gasteiger partial charge on any atom is -0.0228 e. The van der Waals surface area contributed by atoms with Gasteiger partial charge in [-0.3, -0.25) is 0 Å². The van der Waals surface area contributed by atoms with E-state index in [1.165, 1.54) is 49.7 Å². The van der Waals surface area contributed by atoms with Crippen LogP contribution in [0.1, 0.15) is 56.6 Å². The Balaban J connectivity index is 1.96. The van der Waals surface area contributed by atoms with E-state index < -0.39 is 0 Å². The molecule has 1 aliphatic rings. The summed E-state index contributed by atoms with van der Waals surface area (Å²) >= 11 is 0. The van der Waals surface area contributed by atoms with Gasteiger partial charge in [0, 0.05) is 0 Å². The largest absolute Gasteiger partial charge is 0.0804 e. The minimum absolute atomic E-state index is 0.948. The van der Waals surface area contributed by atoms with Crippen LogP contribution in [0.25, 0.3) is 5.57 Å². The molecule has 1 atom stereocenters. The van der Waals surface area contributed by atoms with Crippen LogP contribution in [0.5, 0.6) is 0 Å². The molecule has 0 amide bonds. The lowest BCUT2D eigenvalue weighted by molar-refractivity contribution is 0.434. The van der Waals surface area contributed by atoms with Gasteiger partial charge in [0.2, 0.25) is 0 Å². The van der Waals surface area contributed by atoms with E-state index in [0.717, 1.165) is 5.92 Å². The fourth-order valence-corrected chi connectivity index (χ4v) is 2.67. The van der Waals surface area contributed by atoms with Gasteiger partial charge < -0.3 is 0 Å². The molecule has 0 saturated heterocycles. The third kappa shape index (κ3) is 3.46. The van der Waals surface area contributed by atoms with E-state index in [9.17, 15) is 0 Å². The summed E-state index contributed by atoms with van der Waals surface area (Å²) in [4.78, 5) is 0. The van der Waals surface area contributed by atoms with Gasteiger partial charge in [-0.05, 0) is 43.2 Å². The van der Waals surface area contributed by atoms with Crippen molar-refractivity contribution in [1.29, 1.82) is 0 Å². The van der Waals surface area contributed by atoms with E-state index >= 15 is 0 Å². The number of allylic oxidation sites excluding steroid dienone is 2. The van der Waals surface area contributed by atoms with Crippen LogP contribution in [0, 0.1) is 12.8 Å². The van der Waals surface area contributed by atoms with Crippen molar-refractivity contribution in [2.24, 2.45) is 5.92 Å². The third-order valence-corrected chi connectivity index (χ3v) is 3.91. The topological polar surface area (TPSA) is 0 Å². The molecule has 0 nitrogen and oxygen atoms in total. The minimum atomic E-state index is 0.948. The number of benzene rings is 1. The monoisotopic (exact) mass is 228 g/mol. The first-order valence-electron chi connectivity index (χ1n) is 7.05. The van der Waals surface area contributed by atoms with Crippen molar-refractivity contribution < 1.29 is 0 Å². The van der Waals surface area contributed by atoms with Crippen molar-refractivity contribution in [2.45, 2.75) is 52.4 Å². The van der Waals surface area contributed by atoms with Crippen LogP contribution in [0.2, 0.25) is 0 Å². The smallest absolute Gasteiger partial charge is 0.0228 e. The first kappa shape index (κ1) is 12.4. The number of hydrogen-bond acceptors (Lipinski definition) is 0. The first-order valence-corrected chi connectivity index (χ1v) is 7.05. The molecule has 0 spiro atoms. The molecule has 92 valence electrons. The molecule has 0 heteroatoms. The zero-order valence-electron chi connectivity index (χ0n) is 11.2. The van der Waals surface area contributed by atoms with E-state index in [0.29, 0.717) is 0 Å². The Kier molecular flexibility index (Phi) is 4.42. The highest BCUT2D eigenvalue weighted by atomic mass is 14.2. The summed E-state index contributed by atoms with van der Waals surface area (Å²) in [5, 5.41) is 0. The highest BCUT2D eigenvalue weighted by Crippen LogP contribution is 2.32. The van der Waals surface area contributed by atoms with Gasteiger partial charge in [-0.1, -0.05) is 62.1 Å². The first-order chi connectivity index (χ1) is 8.29. The van der Waals surface area contributed by atoms with Crippen molar-refractivity contribution in [1.82, 2.24) is 0 Å². The summed E-state index contributed by atoms with van der Waals surface area (Å²) < 4.78 is 0. The summed E-state index contributed by atoms with van der Waals surface area (Å²) in [5.41, 5.74) is 4.35. The molecular weight excluding hydrogens is 204 g/mol. The maximum atomic E-state index is 2.48. The number of hydrogen-bond donors (Lipinski definition) is 0. The molecule has 0 bridgehead atoms. The Labute approximate surface area is 106 Å². The van der Waals surface area contributed by atoms with E-state index in [1.807, 2.05) is 0 Å². The molecule has 1 aromatic rings. The van der Waals surface area contributed by atoms with Crippen LogP contribution in [0.15, 0.2) is 30.3 Å². The quantitative estimate of drug-likeness (QED) is 0.650. The lowest BCUT2D eigenvalue weighted by atomic mass is 9.84. The summed E-state index contributed by atoms with van der Waals surface area (Å²) in [6, 6.07) is 8.99. The summed E-state index contributed by atoms with van der Waals surface area (Å²) in [5.74, 6) is 0.948. The Morgan fingerprint density at radius 1 is 1.18 bits per heavy atom. The van der Waals surface area contributed by atoms with Gasteiger partial charge in [0.25, 0.3) is 0 Å². The van der Waals surface area contributed by atoms with Gasteiger partial charge in [-0.25, -0.2) is 0 Å². The average Bonchev–Trinajstić information content (AvgIpc) is 2.38. The highest BCUT2D eigenvalue weighted by molar-refractivity contribution is 5.66. The van der Waals surface area contributed by atoms with Crippen molar-refractivity contribution in [2.75, 3.05) is 0 Å². The second kappa shape index (κ2) is 6.05. The van der Waals surface area contributed by atoms with Gasteiger partial charge in [-0.2, -0.15) is 0 Å². The zero-order chi connectivity index (χ0) is 12.1. The Morgan fingerprint density at radius 3 is 2.53 bits per heavy atom. The fraction of sp³-hybridized carbons (Fsp3) is 0.529. The highest BCUT2D eigenvalue weighted by Gasteiger charge is 2.14. The molecule has 2 rings (SSSR count). The van der Waals surface area contributed by atoms with Crippen LogP contribution in [-0.4, -0.2) is 0 Å². The Morgan fingerprint density at radius 2 is 1.94 bits per heavy atom. The second-order valence-electron chi connectivity index (χ2n) is 5.38. The lowest BCUT2D eigenvalue weighted by Gasteiger charge is -2.22. The molecule has 1 aliphatic carbocycles. The molecule has 0 aromatic heterocycles. The number of rotatable bonds is 4. The standard InChI is InChI=1S/C17H24/c1-3-4-5-15-8-12-17(13-9-15)16-10-6-14(2)7-11-16/h6-7,10-12,15H,3-5,8-9,13H2,1-2H3. The van der Waals surface area contributed by atoms with Gasteiger partial charge >= 0.3 is 0 Å². The predicted molar refractivity (Wildman–Crippen MR) is 76.0 cm³/mol. The van der Waals surface area contributed by atoms with Crippen molar-refractivity contribution in [3.05, 3.63) is 41.5 Å². The fourth-order valence-electron chi connectivity index (χ4n) is 2.67. The van der Waals surface area contributed by atoms with E-state index in [-0.39, 0.29) is 0 Å². The summed E-state index contributed by atoms with van der Waals surface area (Å²) in [7, 11) is 0. The molecule has 0 N–H and O–H groups in total. The third-order valence-electron chi connectivity index (χ3n) is 3.91. The van der Waals surface area contributed by atoms with Crippen molar-refractivity contribution >= 4 is 5.57 Å². The van der Waals surface area contributed by atoms with Crippen LogP contribution in [0.3, 0.4) is 0 Å². The molecule has 1 unspecified atom stereocenters. The van der Waals surface area contributed by atoms with Gasteiger partial charge in [0.15, 0.2) is 0 Å². The Hall–Kier alpha value is -1.04. The van der Waals surface area contributed by atoms with Crippen molar-refractivity contribution in [3.8, 4) is 0 Å². The second-order valence-corrected chi connectivity index (χ2v) is 5.38. The molecule has 0 saturated carbocycles. The number of unbranched alkanes of at least 4 members (excludes halogenated alkanes) is 1. The summed E-state index contributed by atoms with van der Waals surface area (Å²) in [6.45, 7) is 4.44. The molecule has 0 aliphatic heterocycles. The van der Waals surface area contributed by atoms with Crippen LogP contribution in [0.4, 0.5) is 0 Å². The molecule has 0 fully saturated rings. The lowest BCUT2D eigenvalue weighted by Crippen LogP contribution is -2.05. The molecule has 0 radical (unpaired) electrons. The van der Waals surface area contributed by atoms with Crippen LogP contribution >= 0.6 is 0 Å². The molecule has 17 heavy (non-hydrogen) atoms. The van der Waals surface area contributed by atoms with Crippen molar-refractivity contribution in [3.63, 3.8) is 0 Å². The zero-order valence-corrected chi connectivity index (χ0v) is 11.2. The van der Waals surface area contributed by atoms with Crippen LogP contribution < -0.4 is 0 Å². The average molecular weight is 228 g/mol. The van der Waals surface area contributed by atoms with E-state index in [4.69, 9.17) is 0 Å². The number of aryl methyl sites for hydroxylation is 1. The van der Waals surface area contributed by atoms with E-state index in [2.05, 4.69) is 44.2 Å². The normalized spacial score (nSPS) is 20.1. The Bertz CT molecular complexity index is 370. The SMILES string of the molecule is CCCCC1CC=C(c2ccc(C)cc2)CC1.